The highest BCUT2D eigenvalue weighted by molar-refractivity contribution is 4.89. The first-order valence-corrected chi connectivity index (χ1v) is 6.79. The maximum absolute atomic E-state index is 12.2. The predicted octanol–water partition coefficient (Wildman–Crippen LogP) is 2.47. The summed E-state index contributed by atoms with van der Waals surface area (Å²) < 4.78 is 42.1. The van der Waals surface area contributed by atoms with Gasteiger partial charge in [0.15, 0.2) is 6.10 Å². The van der Waals surface area contributed by atoms with Crippen molar-refractivity contribution in [1.82, 2.24) is 0 Å². The van der Waals surface area contributed by atoms with Crippen LogP contribution in [-0.4, -0.2) is 36.1 Å². The van der Waals surface area contributed by atoms with E-state index < -0.39 is 24.5 Å². The standard InChI is InChI=1S/C13H24F3NO2/c1-9(2)10-3-5-12(8-17,6-4-10)19-7-11(18)13(14,15)16/h9-11,18H,3-8,17H2,1-2H3. The summed E-state index contributed by atoms with van der Waals surface area (Å²) in [5, 5.41) is 8.98. The van der Waals surface area contributed by atoms with Crippen LogP contribution in [-0.2, 0) is 4.74 Å². The summed E-state index contributed by atoms with van der Waals surface area (Å²) >= 11 is 0. The zero-order valence-corrected chi connectivity index (χ0v) is 11.5. The van der Waals surface area contributed by atoms with Gasteiger partial charge in [0, 0.05) is 6.54 Å². The number of hydrogen-bond donors (Lipinski definition) is 2. The number of ether oxygens (including phenoxy) is 1. The number of rotatable bonds is 5. The Labute approximate surface area is 112 Å². The Balaban J connectivity index is 2.50. The minimum atomic E-state index is -4.63. The molecule has 0 saturated heterocycles. The summed E-state index contributed by atoms with van der Waals surface area (Å²) in [6.45, 7) is 3.76. The van der Waals surface area contributed by atoms with E-state index in [4.69, 9.17) is 15.6 Å². The molecule has 1 atom stereocenters. The third-order valence-electron chi connectivity index (χ3n) is 4.18. The van der Waals surface area contributed by atoms with Crippen LogP contribution in [0.15, 0.2) is 0 Å². The highest BCUT2D eigenvalue weighted by Crippen LogP contribution is 2.38. The molecule has 0 aromatic heterocycles. The van der Waals surface area contributed by atoms with Gasteiger partial charge in [0.2, 0.25) is 0 Å². The molecule has 114 valence electrons. The Morgan fingerprint density at radius 1 is 1.32 bits per heavy atom. The fourth-order valence-electron chi connectivity index (χ4n) is 2.59. The summed E-state index contributed by atoms with van der Waals surface area (Å²) in [4.78, 5) is 0. The lowest BCUT2D eigenvalue weighted by Crippen LogP contribution is -2.47. The van der Waals surface area contributed by atoms with Crippen LogP contribution in [0.2, 0.25) is 0 Å². The topological polar surface area (TPSA) is 55.5 Å². The molecule has 1 fully saturated rings. The second kappa shape index (κ2) is 6.41. The van der Waals surface area contributed by atoms with E-state index in [0.29, 0.717) is 24.7 Å². The second-order valence-electron chi connectivity index (χ2n) is 5.84. The molecule has 0 radical (unpaired) electrons. The van der Waals surface area contributed by atoms with E-state index in [1.54, 1.807) is 0 Å². The summed E-state index contributed by atoms with van der Waals surface area (Å²) in [5.41, 5.74) is 4.97. The van der Waals surface area contributed by atoms with Gasteiger partial charge in [0.1, 0.15) is 0 Å². The number of halogens is 3. The van der Waals surface area contributed by atoms with Crippen LogP contribution in [0.1, 0.15) is 39.5 Å². The minimum absolute atomic E-state index is 0.197. The van der Waals surface area contributed by atoms with Gasteiger partial charge in [0.25, 0.3) is 0 Å². The molecule has 0 aromatic rings. The van der Waals surface area contributed by atoms with Crippen LogP contribution in [0.4, 0.5) is 13.2 Å². The normalized spacial score (nSPS) is 30.6. The number of alkyl halides is 3. The maximum atomic E-state index is 12.2. The highest BCUT2D eigenvalue weighted by atomic mass is 19.4. The van der Waals surface area contributed by atoms with E-state index in [2.05, 4.69) is 13.8 Å². The zero-order valence-electron chi connectivity index (χ0n) is 11.5. The molecule has 1 rings (SSSR count). The van der Waals surface area contributed by atoms with E-state index >= 15 is 0 Å². The van der Waals surface area contributed by atoms with Gasteiger partial charge in [-0.2, -0.15) is 13.2 Å². The lowest BCUT2D eigenvalue weighted by atomic mass is 9.74. The Morgan fingerprint density at radius 2 is 1.84 bits per heavy atom. The summed E-state index contributed by atoms with van der Waals surface area (Å²) in [5.74, 6) is 1.15. The van der Waals surface area contributed by atoms with E-state index in [9.17, 15) is 13.2 Å². The van der Waals surface area contributed by atoms with Gasteiger partial charge in [0.05, 0.1) is 12.2 Å². The molecule has 1 aliphatic carbocycles. The highest BCUT2D eigenvalue weighted by Gasteiger charge is 2.42. The molecule has 1 aliphatic rings. The van der Waals surface area contributed by atoms with Crippen LogP contribution in [0.25, 0.3) is 0 Å². The SMILES string of the molecule is CC(C)C1CCC(CN)(OCC(O)C(F)(F)F)CC1. The third kappa shape index (κ3) is 4.61. The first-order valence-electron chi connectivity index (χ1n) is 6.79. The van der Waals surface area contributed by atoms with Crippen LogP contribution >= 0.6 is 0 Å². The van der Waals surface area contributed by atoms with E-state index in [0.717, 1.165) is 12.8 Å². The third-order valence-corrected chi connectivity index (χ3v) is 4.18. The zero-order chi connectivity index (χ0) is 14.7. The monoisotopic (exact) mass is 283 g/mol. The van der Waals surface area contributed by atoms with Gasteiger partial charge in [-0.25, -0.2) is 0 Å². The van der Waals surface area contributed by atoms with Crippen molar-refractivity contribution >= 4 is 0 Å². The van der Waals surface area contributed by atoms with Crippen LogP contribution in [0.5, 0.6) is 0 Å². The molecule has 6 heteroatoms. The van der Waals surface area contributed by atoms with Crippen molar-refractivity contribution < 1.29 is 23.0 Å². The number of aliphatic hydroxyl groups excluding tert-OH is 1. The van der Waals surface area contributed by atoms with Gasteiger partial charge in [-0.05, 0) is 37.5 Å². The Bertz CT molecular complexity index is 274. The predicted molar refractivity (Wildman–Crippen MR) is 66.6 cm³/mol. The first-order chi connectivity index (χ1) is 8.70. The fraction of sp³-hybridized carbons (Fsp3) is 1.00. The lowest BCUT2D eigenvalue weighted by Gasteiger charge is -2.41. The van der Waals surface area contributed by atoms with Crippen molar-refractivity contribution in [2.24, 2.45) is 17.6 Å². The molecule has 0 spiro atoms. The minimum Gasteiger partial charge on any atom is -0.382 e. The maximum Gasteiger partial charge on any atom is 0.416 e. The quantitative estimate of drug-likeness (QED) is 0.815. The molecule has 0 bridgehead atoms. The number of hydrogen-bond acceptors (Lipinski definition) is 3. The van der Waals surface area contributed by atoms with Crippen molar-refractivity contribution in [2.45, 2.75) is 57.4 Å². The van der Waals surface area contributed by atoms with Crippen molar-refractivity contribution in [3.63, 3.8) is 0 Å². The Hall–Kier alpha value is -0.330. The van der Waals surface area contributed by atoms with Crippen molar-refractivity contribution in [3.8, 4) is 0 Å². The lowest BCUT2D eigenvalue weighted by molar-refractivity contribution is -0.230. The molecule has 0 amide bonds. The van der Waals surface area contributed by atoms with E-state index in [1.165, 1.54) is 0 Å². The van der Waals surface area contributed by atoms with Crippen LogP contribution in [0, 0.1) is 11.8 Å². The van der Waals surface area contributed by atoms with Crippen LogP contribution < -0.4 is 5.73 Å². The van der Waals surface area contributed by atoms with E-state index in [1.807, 2.05) is 0 Å². The summed E-state index contributed by atoms with van der Waals surface area (Å²) in [6.07, 6.45) is -3.91. The average molecular weight is 283 g/mol. The summed E-state index contributed by atoms with van der Waals surface area (Å²) in [6, 6.07) is 0. The fourth-order valence-corrected chi connectivity index (χ4v) is 2.59. The number of aliphatic hydroxyl groups is 1. The molecule has 0 heterocycles. The molecular formula is C13H24F3NO2. The Morgan fingerprint density at radius 3 is 2.21 bits per heavy atom. The van der Waals surface area contributed by atoms with Gasteiger partial charge in [-0.1, -0.05) is 13.8 Å². The first kappa shape index (κ1) is 16.7. The van der Waals surface area contributed by atoms with Crippen LogP contribution in [0.3, 0.4) is 0 Å². The van der Waals surface area contributed by atoms with Gasteiger partial charge in [-0.3, -0.25) is 0 Å². The largest absolute Gasteiger partial charge is 0.416 e. The molecule has 1 unspecified atom stereocenters. The molecule has 19 heavy (non-hydrogen) atoms. The molecule has 0 aliphatic heterocycles. The molecule has 0 aromatic carbocycles. The number of nitrogens with two attached hydrogens (primary N) is 1. The van der Waals surface area contributed by atoms with Crippen molar-refractivity contribution in [3.05, 3.63) is 0 Å². The van der Waals surface area contributed by atoms with Crippen molar-refractivity contribution in [2.75, 3.05) is 13.2 Å². The second-order valence-corrected chi connectivity index (χ2v) is 5.84. The average Bonchev–Trinajstić information content (AvgIpc) is 2.35. The molecule has 3 N–H and O–H groups in total. The smallest absolute Gasteiger partial charge is 0.382 e. The molecule has 1 saturated carbocycles. The Kier molecular flexibility index (Phi) is 5.65. The molecule has 3 nitrogen and oxygen atoms in total. The van der Waals surface area contributed by atoms with Gasteiger partial charge >= 0.3 is 6.18 Å². The van der Waals surface area contributed by atoms with Crippen molar-refractivity contribution in [1.29, 1.82) is 0 Å². The van der Waals surface area contributed by atoms with E-state index in [-0.39, 0.29) is 6.54 Å². The van der Waals surface area contributed by atoms with Gasteiger partial charge in [-0.15, -0.1) is 0 Å². The summed E-state index contributed by atoms with van der Waals surface area (Å²) in [7, 11) is 0. The molecular weight excluding hydrogens is 259 g/mol. The van der Waals surface area contributed by atoms with Gasteiger partial charge < -0.3 is 15.6 Å².